The van der Waals surface area contributed by atoms with Gasteiger partial charge in [0.15, 0.2) is 0 Å². The van der Waals surface area contributed by atoms with Crippen molar-refractivity contribution in [3.63, 3.8) is 0 Å². The molecular weight excluding hydrogens is 1030 g/mol. The number of nitrogens with zero attached hydrogens (tertiary/aromatic N) is 4. The van der Waals surface area contributed by atoms with Crippen LogP contribution in [-0.4, -0.2) is 117 Å². The van der Waals surface area contributed by atoms with E-state index in [1.807, 2.05) is 32.6 Å². The Morgan fingerprint density at radius 3 is 1.06 bits per heavy atom. The first-order valence-corrected chi connectivity index (χ1v) is 33.7. The highest BCUT2D eigenvalue weighted by Crippen LogP contribution is 2.48. The van der Waals surface area contributed by atoms with Crippen LogP contribution in [0.3, 0.4) is 0 Å². The van der Waals surface area contributed by atoms with E-state index in [2.05, 4.69) is 202 Å². The second-order valence-corrected chi connectivity index (χ2v) is 36.3. The van der Waals surface area contributed by atoms with Gasteiger partial charge in [0.2, 0.25) is 17.7 Å². The van der Waals surface area contributed by atoms with Crippen LogP contribution >= 0.6 is 0 Å². The van der Waals surface area contributed by atoms with Gasteiger partial charge >= 0.3 is 5.97 Å². The number of hydrogen-bond acceptors (Lipinski definition) is 7. The highest BCUT2D eigenvalue weighted by molar-refractivity contribution is 5.84. The number of aliphatic hydroxyl groups is 1. The molecule has 1 aliphatic carbocycles. The van der Waals surface area contributed by atoms with Crippen LogP contribution in [0.1, 0.15) is 305 Å². The van der Waals surface area contributed by atoms with E-state index >= 15 is 0 Å². The van der Waals surface area contributed by atoms with E-state index in [9.17, 15) is 19.2 Å². The highest BCUT2D eigenvalue weighted by Gasteiger charge is 2.51. The molecule has 7 aliphatic heterocycles. The minimum absolute atomic E-state index is 0.0285. The minimum Gasteiger partial charge on any atom is -0.463 e. The number of amides is 3. The summed E-state index contributed by atoms with van der Waals surface area (Å²) in [7, 11) is 0. The lowest BCUT2D eigenvalue weighted by Gasteiger charge is -2.50. The van der Waals surface area contributed by atoms with Crippen molar-refractivity contribution >= 4 is 23.7 Å². The molecule has 8 rings (SSSR count). The summed E-state index contributed by atoms with van der Waals surface area (Å²) in [4.78, 5) is 58.7. The Kier molecular flexibility index (Phi) is 26.4. The van der Waals surface area contributed by atoms with Crippen LogP contribution < -0.4 is 0 Å². The summed E-state index contributed by atoms with van der Waals surface area (Å²) < 4.78 is 5.20. The minimum atomic E-state index is -0.433. The fourth-order valence-corrected chi connectivity index (χ4v) is 11.3. The number of fused-ring (bicyclic) bond motifs is 7. The Labute approximate surface area is 515 Å². The number of likely N-dealkylation sites (tertiary alicyclic amines) is 1. The normalized spacial score (nSPS) is 24.2. The third-order valence-corrected chi connectivity index (χ3v) is 24.2. The molecule has 3 amide bonds. The molecule has 0 aromatic heterocycles. The van der Waals surface area contributed by atoms with Gasteiger partial charge in [-0.05, 0) is 167 Å². The van der Waals surface area contributed by atoms with E-state index in [4.69, 9.17) is 9.84 Å². The average molecular weight is 1170 g/mol. The van der Waals surface area contributed by atoms with Crippen LogP contribution in [0.4, 0.5) is 0 Å². The van der Waals surface area contributed by atoms with E-state index in [0.29, 0.717) is 52.6 Å². The van der Waals surface area contributed by atoms with E-state index in [0.717, 1.165) is 37.6 Å². The predicted octanol–water partition coefficient (Wildman–Crippen LogP) is 17.7. The fraction of sp³-hybridized carbons (Fsp3) is 0.945. The monoisotopic (exact) mass is 1170 g/mol. The van der Waals surface area contributed by atoms with Crippen molar-refractivity contribution in [3.8, 4) is 0 Å². The van der Waals surface area contributed by atoms with Gasteiger partial charge in [0.1, 0.15) is 0 Å². The van der Waals surface area contributed by atoms with Crippen LogP contribution in [0.25, 0.3) is 0 Å². The molecular formula is C73H140N4O6. The zero-order chi connectivity index (χ0) is 64.9. The van der Waals surface area contributed by atoms with Crippen LogP contribution in [0, 0.1) is 71.4 Å². The number of ether oxygens (including phenoxy) is 1. The fourth-order valence-electron chi connectivity index (χ4n) is 11.3. The molecule has 6 bridgehead atoms. The van der Waals surface area contributed by atoms with Crippen molar-refractivity contribution in [1.29, 1.82) is 0 Å². The molecule has 10 heteroatoms. The molecule has 0 radical (unpaired) electrons. The van der Waals surface area contributed by atoms with E-state index in [-0.39, 0.29) is 62.0 Å². The molecule has 7 heterocycles. The zero-order valence-corrected chi connectivity index (χ0v) is 60.8. The Morgan fingerprint density at radius 2 is 0.771 bits per heavy atom. The Balaban J connectivity index is 0.000000344. The van der Waals surface area contributed by atoms with Crippen LogP contribution in [0.5, 0.6) is 0 Å². The smallest absolute Gasteiger partial charge is 0.312 e. The molecule has 10 nitrogen and oxygen atoms in total. The first-order chi connectivity index (χ1) is 37.1. The number of hydrogen-bond donors (Lipinski definition) is 1. The molecule has 83 heavy (non-hydrogen) atoms. The quantitative estimate of drug-likeness (QED) is 0.229. The standard InChI is InChI=1S/C15H27NO.C14H25NO.C14H27N.C12H23NO.C11H22O2.C7H16O/c1-14(2,3)15(4,5)13(17)16-10-11-6-8-12(16)9-7-11;1-13(2,3)14(4,5)12(16)15-10-6-7-11(15)9-8-10;1-13(2,3)14(4,5)10-15-11-6-7-12(15)9-8-11;1-11(2,3)12(4,5)10(14)13-8-6-7-9-13;1-8(2)13-9(12)11(6,7)10(3,4)5;1-6(2)7(3,4)5-8/h11-12H,6-10H2,1-5H3;10-11H,6-9H2,1-5H3;11-12H,6-10H2,1-5H3;6-9H2,1-5H3;8H,1-7H3;6,8H,5H2,1-4H3. The van der Waals surface area contributed by atoms with Gasteiger partial charge in [-0.2, -0.15) is 0 Å². The maximum absolute atomic E-state index is 12.8. The molecule has 0 atom stereocenters. The van der Waals surface area contributed by atoms with Crippen molar-refractivity contribution < 1.29 is 29.0 Å². The summed E-state index contributed by atoms with van der Waals surface area (Å²) in [6.45, 7) is 70.6. The molecule has 1 N–H and O–H groups in total. The van der Waals surface area contributed by atoms with Crippen LogP contribution in [0.2, 0.25) is 0 Å². The second-order valence-electron chi connectivity index (χ2n) is 36.3. The summed E-state index contributed by atoms with van der Waals surface area (Å²) in [5.74, 6) is 2.30. The second kappa shape index (κ2) is 28.5. The van der Waals surface area contributed by atoms with Crippen molar-refractivity contribution in [2.24, 2.45) is 71.4 Å². The van der Waals surface area contributed by atoms with Gasteiger partial charge in [-0.25, -0.2) is 0 Å². The van der Waals surface area contributed by atoms with Gasteiger partial charge < -0.3 is 24.5 Å². The molecule has 8 aliphatic rings. The van der Waals surface area contributed by atoms with E-state index in [1.165, 1.54) is 96.4 Å². The molecule has 0 aromatic carbocycles. The number of piperidine rings is 2. The third kappa shape index (κ3) is 19.4. The SMILES string of the molecule is CC(C)(C)C(C)(C)C(=O)N1C2CCC1CC2.CC(C)(C)C(C)(C)C(=O)N1CC2CCC1CC2.CC(C)(C)C(C)(C)C(=O)N1CCCC1.CC(C)(C)C(C)(C)CN1C2CCC1CC2.CC(C)C(C)(C)CO.CC(C)OC(=O)C(C)(C)C(C)(C)C. The highest BCUT2D eigenvalue weighted by atomic mass is 16.5. The number of carbonyl (C=O) groups is 4. The Bertz CT molecular complexity index is 2010. The van der Waals surface area contributed by atoms with Crippen molar-refractivity contribution in [1.82, 2.24) is 19.6 Å². The van der Waals surface area contributed by atoms with Gasteiger partial charge in [0.25, 0.3) is 0 Å². The van der Waals surface area contributed by atoms with Crippen molar-refractivity contribution in [2.75, 3.05) is 32.8 Å². The number of esters is 1. The summed E-state index contributed by atoms with van der Waals surface area (Å²) in [6.07, 6.45) is 18.2. The Hall–Kier alpha value is -2.20. The molecule has 8 fully saturated rings. The molecule has 1 saturated carbocycles. The van der Waals surface area contributed by atoms with Gasteiger partial charge in [0, 0.05) is 79.2 Å². The van der Waals surface area contributed by atoms with Crippen LogP contribution in [-0.2, 0) is 23.9 Å². The van der Waals surface area contributed by atoms with Crippen molar-refractivity contribution in [2.45, 2.75) is 341 Å². The molecule has 0 aromatic rings. The molecule has 7 saturated heterocycles. The van der Waals surface area contributed by atoms with Gasteiger partial charge in [0.05, 0.1) is 11.5 Å². The maximum atomic E-state index is 12.8. The molecule has 0 spiro atoms. The average Bonchev–Trinajstić information content (AvgIpc) is 4.27. The summed E-state index contributed by atoms with van der Waals surface area (Å²) in [5.41, 5.74) is -0.233. The lowest BCUT2D eigenvalue weighted by Crippen LogP contribution is -2.56. The number of aliphatic hydroxyl groups excluding tert-OH is 1. The summed E-state index contributed by atoms with van der Waals surface area (Å²) in [5, 5.41) is 8.76. The van der Waals surface area contributed by atoms with E-state index in [1.54, 1.807) is 0 Å². The summed E-state index contributed by atoms with van der Waals surface area (Å²) in [6, 6.07) is 3.50. The molecule has 0 unspecified atom stereocenters. The van der Waals surface area contributed by atoms with Crippen LogP contribution in [0.15, 0.2) is 0 Å². The first-order valence-electron chi connectivity index (χ1n) is 33.7. The zero-order valence-electron chi connectivity index (χ0n) is 60.8. The van der Waals surface area contributed by atoms with Gasteiger partial charge in [-0.3, -0.25) is 24.1 Å². The summed E-state index contributed by atoms with van der Waals surface area (Å²) >= 11 is 0. The van der Waals surface area contributed by atoms with Crippen molar-refractivity contribution in [3.05, 3.63) is 0 Å². The largest absolute Gasteiger partial charge is 0.463 e. The van der Waals surface area contributed by atoms with Gasteiger partial charge in [-0.1, -0.05) is 187 Å². The number of rotatable bonds is 9. The molecule has 488 valence electrons. The Morgan fingerprint density at radius 1 is 0.434 bits per heavy atom. The van der Waals surface area contributed by atoms with Gasteiger partial charge in [-0.15, -0.1) is 0 Å². The maximum Gasteiger partial charge on any atom is 0.312 e. The lowest BCUT2D eigenvalue weighted by atomic mass is 9.67. The number of carbonyl (C=O) groups excluding carboxylic acids is 4. The first kappa shape index (κ1) is 76.9. The lowest BCUT2D eigenvalue weighted by molar-refractivity contribution is -0.164. The van der Waals surface area contributed by atoms with E-state index < -0.39 is 5.41 Å². The topological polar surface area (TPSA) is 111 Å². The predicted molar refractivity (Wildman–Crippen MR) is 352 cm³/mol. The third-order valence-electron chi connectivity index (χ3n) is 24.2.